The van der Waals surface area contributed by atoms with Crippen LogP contribution in [-0.4, -0.2) is 29.8 Å². The van der Waals surface area contributed by atoms with Crippen molar-refractivity contribution < 1.29 is 48.1 Å². The van der Waals surface area contributed by atoms with Crippen LogP contribution in [0.2, 0.25) is 0 Å². The van der Waals surface area contributed by atoms with Crippen LogP contribution in [0.15, 0.2) is 4.90 Å². The molecule has 1 rings (SSSR count). The highest BCUT2D eigenvalue weighted by Crippen LogP contribution is 2.50. The third-order valence-electron chi connectivity index (χ3n) is 2.64. The molecular formula is C10H6F10NOS+. The van der Waals surface area contributed by atoms with Crippen LogP contribution in [0.5, 0.6) is 0 Å². The zero-order valence-electron chi connectivity index (χ0n) is 11.0. The van der Waals surface area contributed by atoms with E-state index in [2.05, 4.69) is 0 Å². The second kappa shape index (κ2) is 5.61. The molecule has 0 spiro atoms. The third-order valence-corrected chi connectivity index (χ3v) is 5.50. The van der Waals surface area contributed by atoms with Gasteiger partial charge >= 0.3 is 11.4 Å². The van der Waals surface area contributed by atoms with Gasteiger partial charge in [-0.25, -0.2) is 13.2 Å². The molecule has 2 nitrogen and oxygen atoms in total. The van der Waals surface area contributed by atoms with Crippen LogP contribution < -0.4 is 0 Å². The molecular weight excluding hydrogens is 372 g/mol. The van der Waals surface area contributed by atoms with Crippen molar-refractivity contribution >= 4 is 10.1 Å². The predicted octanol–water partition coefficient (Wildman–Crippen LogP) is 3.87. The van der Waals surface area contributed by atoms with E-state index in [0.717, 1.165) is 0 Å². The molecule has 1 atom stereocenters. The summed E-state index contributed by atoms with van der Waals surface area (Å²) in [6, 6.07) is 0. The van der Waals surface area contributed by atoms with Crippen LogP contribution in [0.4, 0.5) is 43.9 Å². The van der Waals surface area contributed by atoms with Crippen molar-refractivity contribution in [1.82, 2.24) is 4.31 Å². The van der Waals surface area contributed by atoms with Gasteiger partial charge in [0.05, 0.1) is 0 Å². The lowest BCUT2D eigenvalue weighted by Gasteiger charge is -2.26. The maximum absolute atomic E-state index is 13.5. The van der Waals surface area contributed by atoms with Gasteiger partial charge in [-0.3, -0.25) is 0 Å². The highest BCUT2D eigenvalue weighted by molar-refractivity contribution is 8.01. The van der Waals surface area contributed by atoms with Crippen molar-refractivity contribution in [3.63, 3.8) is 0 Å². The fourth-order valence-electron chi connectivity index (χ4n) is 1.52. The minimum atomic E-state index is -6.59. The Bertz CT molecular complexity index is 654. The zero-order valence-corrected chi connectivity index (χ0v) is 11.9. The van der Waals surface area contributed by atoms with Gasteiger partial charge in [-0.05, 0) is 0 Å². The second-order valence-corrected chi connectivity index (χ2v) is 6.95. The minimum absolute atomic E-state index is 0.306. The molecule has 132 valence electrons. The summed E-state index contributed by atoms with van der Waals surface area (Å²) in [5.74, 6) is -14.5. The summed E-state index contributed by atoms with van der Waals surface area (Å²) >= 11 is 0. The molecule has 0 radical (unpaired) electrons. The summed E-state index contributed by atoms with van der Waals surface area (Å²) in [6.45, 7) is 0. The van der Waals surface area contributed by atoms with Gasteiger partial charge in [-0.2, -0.15) is 22.0 Å². The van der Waals surface area contributed by atoms with Gasteiger partial charge in [0.2, 0.25) is 29.1 Å². The van der Waals surface area contributed by atoms with Crippen molar-refractivity contribution in [2.75, 3.05) is 14.1 Å². The second-order valence-electron chi connectivity index (χ2n) is 4.25. The Morgan fingerprint density at radius 1 is 0.739 bits per heavy atom. The minimum Gasteiger partial charge on any atom is -0.200 e. The Morgan fingerprint density at radius 2 is 1.04 bits per heavy atom. The fraction of sp³-hybridized carbons (Fsp3) is 0.400. The Labute approximate surface area is 123 Å². The molecule has 0 saturated carbocycles. The van der Waals surface area contributed by atoms with Gasteiger partial charge in [0.1, 0.15) is 0 Å². The normalized spacial score (nSPS) is 15.9. The summed E-state index contributed by atoms with van der Waals surface area (Å²) in [7, 11) is -5.65. The zero-order chi connectivity index (χ0) is 18.5. The van der Waals surface area contributed by atoms with E-state index in [1.54, 1.807) is 0 Å². The predicted molar refractivity (Wildman–Crippen MR) is 57.2 cm³/mol. The number of benzene rings is 1. The van der Waals surface area contributed by atoms with Gasteiger partial charge in [0, 0.05) is 14.1 Å². The average molecular weight is 378 g/mol. The fourth-order valence-corrected chi connectivity index (χ4v) is 3.58. The van der Waals surface area contributed by atoms with Crippen molar-refractivity contribution in [3.8, 4) is 0 Å². The van der Waals surface area contributed by atoms with Crippen LogP contribution in [0.3, 0.4) is 0 Å². The Balaban J connectivity index is 4.01. The van der Waals surface area contributed by atoms with E-state index in [4.69, 9.17) is 0 Å². The first-order valence-corrected chi connectivity index (χ1v) is 6.81. The molecule has 0 saturated heterocycles. The summed E-state index contributed by atoms with van der Waals surface area (Å²) in [4.78, 5) is -2.75. The number of alkyl halides is 5. The summed E-state index contributed by atoms with van der Waals surface area (Å²) in [5, 5.41) is -6.30. The van der Waals surface area contributed by atoms with Crippen LogP contribution in [0, 0.1) is 29.1 Å². The number of halogens is 10. The molecule has 13 heteroatoms. The van der Waals surface area contributed by atoms with Crippen molar-refractivity contribution in [1.29, 1.82) is 0 Å². The number of rotatable bonds is 3. The standard InChI is InChI=1S/C10H6F10NOS/c1-21(2)23(22,10(19,20)9(16,17)18)8-6(14)4(12)3(11)5(13)7(8)15/h1-2H3/q+1. The lowest BCUT2D eigenvalue weighted by molar-refractivity contribution is -0.242. The van der Waals surface area contributed by atoms with E-state index in [1.165, 1.54) is 0 Å². The lowest BCUT2D eigenvalue weighted by Crippen LogP contribution is -2.54. The van der Waals surface area contributed by atoms with E-state index in [9.17, 15) is 48.1 Å². The summed E-state index contributed by atoms with van der Waals surface area (Å²) in [5.41, 5.74) is 0. The third kappa shape index (κ3) is 2.58. The maximum Gasteiger partial charge on any atom is 0.533 e. The Hall–Kier alpha value is -1.37. The van der Waals surface area contributed by atoms with Gasteiger partial charge in [0.25, 0.3) is 15.0 Å². The molecule has 1 aromatic carbocycles. The van der Waals surface area contributed by atoms with Gasteiger partial charge in [-0.15, -0.1) is 13.1 Å². The maximum atomic E-state index is 13.5. The first kappa shape index (κ1) is 19.7. The average Bonchev–Trinajstić information content (AvgIpc) is 2.41. The molecule has 0 aliphatic carbocycles. The largest absolute Gasteiger partial charge is 0.533 e. The molecule has 1 aromatic rings. The van der Waals surface area contributed by atoms with Crippen LogP contribution >= 0.6 is 0 Å². The van der Waals surface area contributed by atoms with Gasteiger partial charge in [0.15, 0.2) is 0 Å². The van der Waals surface area contributed by atoms with Crippen molar-refractivity contribution in [3.05, 3.63) is 29.1 Å². The van der Waals surface area contributed by atoms with Crippen LogP contribution in [-0.2, 0) is 14.3 Å². The molecule has 0 aromatic heterocycles. The van der Waals surface area contributed by atoms with E-state index < -0.39 is 59.8 Å². The smallest absolute Gasteiger partial charge is 0.200 e. The summed E-state index contributed by atoms with van der Waals surface area (Å²) in [6.07, 6.45) is -6.59. The number of hydrogen-bond acceptors (Lipinski definition) is 1. The molecule has 0 heterocycles. The monoisotopic (exact) mass is 378 g/mol. The number of hydrogen-bond donors (Lipinski definition) is 0. The van der Waals surface area contributed by atoms with E-state index >= 15 is 0 Å². The SMILES string of the molecule is CN(C)[S+](=O)(c1c(F)c(F)c(F)c(F)c1F)C(F)(F)C(F)(F)F. The molecule has 23 heavy (non-hydrogen) atoms. The highest BCUT2D eigenvalue weighted by atomic mass is 32.3. The Morgan fingerprint density at radius 3 is 1.30 bits per heavy atom. The molecule has 0 fully saturated rings. The summed E-state index contributed by atoms with van der Waals surface area (Å²) < 4.78 is 142. The topological polar surface area (TPSA) is 20.3 Å². The van der Waals surface area contributed by atoms with E-state index in [0.29, 0.717) is 14.1 Å². The van der Waals surface area contributed by atoms with Gasteiger partial charge < -0.3 is 0 Å². The first-order chi connectivity index (χ1) is 10.1. The van der Waals surface area contributed by atoms with Crippen LogP contribution in [0.1, 0.15) is 0 Å². The molecule has 0 bridgehead atoms. The number of nitrogens with zero attached hydrogens (tertiary/aromatic N) is 1. The molecule has 0 aliphatic heterocycles. The van der Waals surface area contributed by atoms with Crippen LogP contribution in [0.25, 0.3) is 0 Å². The molecule has 0 aliphatic rings. The molecule has 1 unspecified atom stereocenters. The first-order valence-electron chi connectivity index (χ1n) is 5.29. The van der Waals surface area contributed by atoms with Gasteiger partial charge in [-0.1, -0.05) is 4.21 Å². The Kier molecular flexibility index (Phi) is 4.80. The molecule has 0 amide bonds. The van der Waals surface area contributed by atoms with Crippen molar-refractivity contribution in [2.24, 2.45) is 0 Å². The lowest BCUT2D eigenvalue weighted by atomic mass is 10.3. The van der Waals surface area contributed by atoms with E-state index in [1.807, 2.05) is 0 Å². The highest BCUT2D eigenvalue weighted by Gasteiger charge is 2.79. The van der Waals surface area contributed by atoms with Crippen molar-refractivity contribution in [2.45, 2.75) is 16.3 Å². The molecule has 0 N–H and O–H groups in total. The van der Waals surface area contributed by atoms with E-state index in [-0.39, 0.29) is 0 Å². The quantitative estimate of drug-likeness (QED) is 0.339.